The number of hydrogen-bond acceptors (Lipinski definition) is 4. The van der Waals surface area contributed by atoms with Crippen LogP contribution in [0.25, 0.3) is 0 Å². The lowest BCUT2D eigenvalue weighted by Crippen LogP contribution is -2.31. The van der Waals surface area contributed by atoms with E-state index in [0.29, 0.717) is 13.2 Å². The van der Waals surface area contributed by atoms with Crippen LogP contribution in [0.4, 0.5) is 0 Å². The molecule has 1 heterocycles. The van der Waals surface area contributed by atoms with E-state index in [2.05, 4.69) is 5.32 Å². The fourth-order valence-corrected chi connectivity index (χ4v) is 1.06. The summed E-state index contributed by atoms with van der Waals surface area (Å²) in [4.78, 5) is 22.3. The number of epoxide rings is 1. The van der Waals surface area contributed by atoms with Gasteiger partial charge in [0.2, 0.25) is 0 Å². The zero-order chi connectivity index (χ0) is 10.6. The quantitative estimate of drug-likeness (QED) is 0.496. The average Bonchev–Trinajstić information content (AvgIpc) is 2.94. The van der Waals surface area contributed by atoms with E-state index in [0.717, 1.165) is 6.42 Å². The molecule has 0 aromatic heterocycles. The van der Waals surface area contributed by atoms with Gasteiger partial charge in [0.1, 0.15) is 0 Å². The fourth-order valence-electron chi connectivity index (χ4n) is 1.06. The third-order valence-electron chi connectivity index (χ3n) is 1.82. The van der Waals surface area contributed by atoms with Crippen LogP contribution in [0.1, 0.15) is 20.3 Å². The van der Waals surface area contributed by atoms with E-state index in [1.807, 2.05) is 6.92 Å². The molecule has 0 aromatic carbocycles. The van der Waals surface area contributed by atoms with Crippen molar-refractivity contribution in [1.29, 1.82) is 0 Å². The van der Waals surface area contributed by atoms with Gasteiger partial charge in [0, 0.05) is 6.54 Å². The molecule has 1 fully saturated rings. The molecule has 80 valence electrons. The number of hydrogen-bond donors (Lipinski definition) is 1. The zero-order valence-electron chi connectivity index (χ0n) is 8.41. The zero-order valence-corrected chi connectivity index (χ0v) is 8.41. The second kappa shape index (κ2) is 4.95. The molecule has 1 aliphatic rings. The molecule has 2 atom stereocenters. The molecule has 0 saturated carbocycles. The first-order chi connectivity index (χ1) is 6.70. The standard InChI is InChI=1S/C9H15NO4/c1-3-5-10-8(11)6-7(14-6)9(12)13-4-2/h6-7H,3-5H2,1-2H3,(H,10,11)/t6-,7-/m0/s1. The minimum absolute atomic E-state index is 0.232. The highest BCUT2D eigenvalue weighted by Crippen LogP contribution is 2.23. The van der Waals surface area contributed by atoms with Gasteiger partial charge in [-0.25, -0.2) is 4.79 Å². The van der Waals surface area contributed by atoms with Crippen molar-refractivity contribution in [2.75, 3.05) is 13.2 Å². The highest BCUT2D eigenvalue weighted by molar-refractivity contribution is 5.92. The van der Waals surface area contributed by atoms with Gasteiger partial charge in [0.25, 0.3) is 5.91 Å². The molecule has 1 amide bonds. The van der Waals surface area contributed by atoms with Crippen LogP contribution in [0.15, 0.2) is 0 Å². The smallest absolute Gasteiger partial charge is 0.338 e. The number of ether oxygens (including phenoxy) is 2. The summed E-state index contributed by atoms with van der Waals surface area (Å²) in [6.45, 7) is 4.58. The van der Waals surface area contributed by atoms with Gasteiger partial charge in [-0.1, -0.05) is 6.92 Å². The van der Waals surface area contributed by atoms with Crippen molar-refractivity contribution in [3.63, 3.8) is 0 Å². The molecule has 0 bridgehead atoms. The topological polar surface area (TPSA) is 67.9 Å². The first-order valence-electron chi connectivity index (χ1n) is 4.80. The van der Waals surface area contributed by atoms with Crippen molar-refractivity contribution < 1.29 is 19.1 Å². The van der Waals surface area contributed by atoms with Gasteiger partial charge in [-0.2, -0.15) is 0 Å². The second-order valence-corrected chi connectivity index (χ2v) is 3.02. The van der Waals surface area contributed by atoms with E-state index < -0.39 is 18.2 Å². The molecule has 0 unspecified atom stereocenters. The van der Waals surface area contributed by atoms with Crippen molar-refractivity contribution in [2.45, 2.75) is 32.5 Å². The lowest BCUT2D eigenvalue weighted by atomic mass is 10.3. The van der Waals surface area contributed by atoms with Crippen LogP contribution >= 0.6 is 0 Å². The fraction of sp³-hybridized carbons (Fsp3) is 0.778. The minimum Gasteiger partial charge on any atom is -0.464 e. The van der Waals surface area contributed by atoms with E-state index in [1.54, 1.807) is 6.92 Å². The van der Waals surface area contributed by atoms with E-state index in [9.17, 15) is 9.59 Å². The lowest BCUT2D eigenvalue weighted by Gasteiger charge is -1.99. The summed E-state index contributed by atoms with van der Waals surface area (Å²) in [5.74, 6) is -0.686. The molecule has 1 saturated heterocycles. The minimum atomic E-state index is -0.688. The molecule has 14 heavy (non-hydrogen) atoms. The summed E-state index contributed by atoms with van der Waals surface area (Å²) in [5, 5.41) is 2.65. The summed E-state index contributed by atoms with van der Waals surface area (Å²) in [6, 6.07) is 0. The van der Waals surface area contributed by atoms with Crippen LogP contribution < -0.4 is 5.32 Å². The Labute approximate surface area is 82.8 Å². The number of carbonyl (C=O) groups excluding carboxylic acids is 2. The largest absolute Gasteiger partial charge is 0.464 e. The maximum Gasteiger partial charge on any atom is 0.338 e. The first kappa shape index (κ1) is 11.0. The molecule has 1 rings (SSSR count). The van der Waals surface area contributed by atoms with E-state index >= 15 is 0 Å². The van der Waals surface area contributed by atoms with Crippen LogP contribution in [0.2, 0.25) is 0 Å². The molecule has 1 aliphatic heterocycles. The predicted octanol–water partition coefficient (Wildman–Crippen LogP) is -0.157. The highest BCUT2D eigenvalue weighted by Gasteiger charge is 2.51. The number of amides is 1. The summed E-state index contributed by atoms with van der Waals surface area (Å²) in [7, 11) is 0. The van der Waals surface area contributed by atoms with Gasteiger partial charge in [-0.3, -0.25) is 4.79 Å². The van der Waals surface area contributed by atoms with Gasteiger partial charge in [0.15, 0.2) is 12.2 Å². The SMILES string of the molecule is CCCNC(=O)[C@H]1O[C@@H]1C(=O)OCC. The van der Waals surface area contributed by atoms with Crippen molar-refractivity contribution in [1.82, 2.24) is 5.32 Å². The Bertz CT molecular complexity index is 229. The van der Waals surface area contributed by atoms with Gasteiger partial charge >= 0.3 is 5.97 Å². The van der Waals surface area contributed by atoms with Gasteiger partial charge in [-0.05, 0) is 13.3 Å². The molecule has 0 aromatic rings. The molecule has 5 nitrogen and oxygen atoms in total. The highest BCUT2D eigenvalue weighted by atomic mass is 16.6. The third-order valence-corrected chi connectivity index (χ3v) is 1.82. The van der Waals surface area contributed by atoms with Crippen molar-refractivity contribution in [2.24, 2.45) is 0 Å². The Morgan fingerprint density at radius 3 is 2.64 bits per heavy atom. The Kier molecular flexibility index (Phi) is 3.88. The summed E-state index contributed by atoms with van der Waals surface area (Å²) in [6.07, 6.45) is -0.463. The van der Waals surface area contributed by atoms with Crippen molar-refractivity contribution in [3.05, 3.63) is 0 Å². The van der Waals surface area contributed by atoms with Crippen LogP contribution in [-0.2, 0) is 19.1 Å². The maximum absolute atomic E-state index is 11.2. The average molecular weight is 201 g/mol. The first-order valence-corrected chi connectivity index (χ1v) is 4.80. The number of carbonyl (C=O) groups is 2. The molecule has 5 heteroatoms. The molecular formula is C9H15NO4. The van der Waals surface area contributed by atoms with Crippen LogP contribution in [0.3, 0.4) is 0 Å². The summed E-state index contributed by atoms with van der Waals surface area (Å²) >= 11 is 0. The van der Waals surface area contributed by atoms with Crippen molar-refractivity contribution >= 4 is 11.9 Å². The number of nitrogens with one attached hydrogen (secondary N) is 1. The summed E-state index contributed by atoms with van der Waals surface area (Å²) in [5.41, 5.74) is 0. The Hall–Kier alpha value is -1.10. The van der Waals surface area contributed by atoms with E-state index in [1.165, 1.54) is 0 Å². The number of esters is 1. The maximum atomic E-state index is 11.2. The molecule has 0 aliphatic carbocycles. The van der Waals surface area contributed by atoms with Crippen LogP contribution in [0, 0.1) is 0 Å². The molecule has 0 radical (unpaired) electrons. The molecular weight excluding hydrogens is 186 g/mol. The Morgan fingerprint density at radius 1 is 1.36 bits per heavy atom. The molecule has 1 N–H and O–H groups in total. The second-order valence-electron chi connectivity index (χ2n) is 3.02. The van der Waals surface area contributed by atoms with Gasteiger partial charge in [-0.15, -0.1) is 0 Å². The van der Waals surface area contributed by atoms with E-state index in [4.69, 9.17) is 9.47 Å². The van der Waals surface area contributed by atoms with Crippen LogP contribution in [-0.4, -0.2) is 37.2 Å². The Morgan fingerprint density at radius 2 is 2.07 bits per heavy atom. The van der Waals surface area contributed by atoms with Gasteiger partial charge in [0.05, 0.1) is 6.61 Å². The number of rotatable bonds is 5. The van der Waals surface area contributed by atoms with Crippen molar-refractivity contribution in [3.8, 4) is 0 Å². The van der Waals surface area contributed by atoms with Crippen LogP contribution in [0.5, 0.6) is 0 Å². The third kappa shape index (κ3) is 2.70. The predicted molar refractivity (Wildman–Crippen MR) is 48.6 cm³/mol. The lowest BCUT2D eigenvalue weighted by molar-refractivity contribution is -0.144. The van der Waals surface area contributed by atoms with E-state index in [-0.39, 0.29) is 5.91 Å². The Balaban J connectivity index is 2.24. The van der Waals surface area contributed by atoms with Gasteiger partial charge < -0.3 is 14.8 Å². The molecule has 0 spiro atoms. The monoisotopic (exact) mass is 201 g/mol. The summed E-state index contributed by atoms with van der Waals surface area (Å²) < 4.78 is 9.61. The normalized spacial score (nSPS) is 24.1.